The Morgan fingerprint density at radius 2 is 1.42 bits per heavy atom. The summed E-state index contributed by atoms with van der Waals surface area (Å²) in [7, 11) is 0. The number of amides is 3. The second-order valence-electron chi connectivity index (χ2n) is 5.21. The van der Waals surface area contributed by atoms with E-state index in [1.54, 1.807) is 0 Å². The van der Waals surface area contributed by atoms with Gasteiger partial charge < -0.3 is 5.32 Å². The first kappa shape index (κ1) is 19.0. The van der Waals surface area contributed by atoms with Crippen LogP contribution in [0.5, 0.6) is 0 Å². The van der Waals surface area contributed by atoms with Crippen LogP contribution in [0.2, 0.25) is 0 Å². The topological polar surface area (TPSA) is 87.3 Å². The average Bonchev–Trinajstić information content (AvgIpc) is 2.60. The van der Waals surface area contributed by atoms with Gasteiger partial charge in [-0.05, 0) is 29.8 Å². The number of rotatable bonds is 5. The van der Waals surface area contributed by atoms with Crippen LogP contribution in [0, 0.1) is 17.5 Å². The summed E-state index contributed by atoms with van der Waals surface area (Å²) in [5.41, 5.74) is 4.31. The van der Waals surface area contributed by atoms with Crippen LogP contribution >= 0.6 is 0 Å². The standard InChI is InChI=1S/C17H14F3N3O3/c18-11-3-1-10(2-4-11)7-15(24)22-23-16(25)9-21-17(26)13-6-5-12(19)8-14(13)20/h1-6,8H,7,9H2,(H,21,26)(H,22,24)(H,23,25). The highest BCUT2D eigenvalue weighted by molar-refractivity contribution is 5.96. The molecule has 0 fully saturated rings. The highest BCUT2D eigenvalue weighted by Gasteiger charge is 2.13. The minimum Gasteiger partial charge on any atom is -0.343 e. The van der Waals surface area contributed by atoms with Crippen LogP contribution in [0.3, 0.4) is 0 Å². The maximum absolute atomic E-state index is 13.4. The third-order valence-electron chi connectivity index (χ3n) is 3.20. The Morgan fingerprint density at radius 3 is 2.08 bits per heavy atom. The van der Waals surface area contributed by atoms with Gasteiger partial charge in [0.1, 0.15) is 17.5 Å². The van der Waals surface area contributed by atoms with Gasteiger partial charge in [-0.2, -0.15) is 0 Å². The van der Waals surface area contributed by atoms with Gasteiger partial charge in [0.15, 0.2) is 0 Å². The minimum absolute atomic E-state index is 0.0896. The summed E-state index contributed by atoms with van der Waals surface area (Å²) in [6, 6.07) is 7.65. The highest BCUT2D eigenvalue weighted by Crippen LogP contribution is 2.09. The highest BCUT2D eigenvalue weighted by atomic mass is 19.1. The molecule has 2 rings (SSSR count). The zero-order chi connectivity index (χ0) is 19.1. The molecule has 0 saturated heterocycles. The van der Waals surface area contributed by atoms with Crippen LogP contribution in [-0.4, -0.2) is 24.3 Å². The van der Waals surface area contributed by atoms with Gasteiger partial charge in [0.25, 0.3) is 11.8 Å². The summed E-state index contributed by atoms with van der Waals surface area (Å²) in [5.74, 6) is -4.54. The van der Waals surface area contributed by atoms with Crippen molar-refractivity contribution in [3.8, 4) is 0 Å². The van der Waals surface area contributed by atoms with Crippen molar-refractivity contribution in [1.29, 1.82) is 0 Å². The van der Waals surface area contributed by atoms with E-state index < -0.39 is 47.3 Å². The number of benzene rings is 2. The van der Waals surface area contributed by atoms with Crippen molar-refractivity contribution < 1.29 is 27.6 Å². The van der Waals surface area contributed by atoms with Gasteiger partial charge in [-0.15, -0.1) is 0 Å². The molecular weight excluding hydrogens is 351 g/mol. The van der Waals surface area contributed by atoms with Gasteiger partial charge in [-0.25, -0.2) is 13.2 Å². The molecule has 26 heavy (non-hydrogen) atoms. The van der Waals surface area contributed by atoms with E-state index in [1.165, 1.54) is 24.3 Å². The van der Waals surface area contributed by atoms with Gasteiger partial charge in [0.05, 0.1) is 18.5 Å². The van der Waals surface area contributed by atoms with Crippen LogP contribution in [0.15, 0.2) is 42.5 Å². The Kier molecular flexibility index (Phi) is 6.31. The van der Waals surface area contributed by atoms with E-state index in [9.17, 15) is 27.6 Å². The normalized spacial score (nSPS) is 10.1. The second-order valence-corrected chi connectivity index (χ2v) is 5.21. The molecule has 136 valence electrons. The first-order chi connectivity index (χ1) is 12.3. The molecule has 0 heterocycles. The zero-order valence-electron chi connectivity index (χ0n) is 13.3. The summed E-state index contributed by atoms with van der Waals surface area (Å²) in [5, 5.41) is 2.13. The van der Waals surface area contributed by atoms with E-state index in [-0.39, 0.29) is 6.42 Å². The van der Waals surface area contributed by atoms with E-state index in [0.717, 1.165) is 12.1 Å². The number of halogens is 3. The van der Waals surface area contributed by atoms with Crippen LogP contribution in [-0.2, 0) is 16.0 Å². The molecule has 0 radical (unpaired) electrons. The number of carbonyl (C=O) groups excluding carboxylic acids is 3. The molecule has 0 aliphatic rings. The third-order valence-corrected chi connectivity index (χ3v) is 3.20. The van der Waals surface area contributed by atoms with Gasteiger partial charge in [-0.1, -0.05) is 12.1 Å². The fourth-order valence-electron chi connectivity index (χ4n) is 1.94. The number of nitrogens with one attached hydrogen (secondary N) is 3. The Labute approximate surface area is 146 Å². The lowest BCUT2D eigenvalue weighted by Gasteiger charge is -2.09. The summed E-state index contributed by atoms with van der Waals surface area (Å²) in [6.45, 7) is -0.535. The summed E-state index contributed by atoms with van der Waals surface area (Å²) in [4.78, 5) is 34.9. The molecule has 3 N–H and O–H groups in total. The average molecular weight is 365 g/mol. The van der Waals surface area contributed by atoms with Crippen molar-refractivity contribution in [3.63, 3.8) is 0 Å². The van der Waals surface area contributed by atoms with E-state index >= 15 is 0 Å². The van der Waals surface area contributed by atoms with Crippen molar-refractivity contribution >= 4 is 17.7 Å². The van der Waals surface area contributed by atoms with Crippen LogP contribution in [0.25, 0.3) is 0 Å². The van der Waals surface area contributed by atoms with E-state index in [4.69, 9.17) is 0 Å². The van der Waals surface area contributed by atoms with Crippen molar-refractivity contribution in [2.75, 3.05) is 6.54 Å². The largest absolute Gasteiger partial charge is 0.343 e. The quantitative estimate of drug-likeness (QED) is 0.697. The lowest BCUT2D eigenvalue weighted by Crippen LogP contribution is -2.46. The van der Waals surface area contributed by atoms with Gasteiger partial charge in [0, 0.05) is 6.07 Å². The monoisotopic (exact) mass is 365 g/mol. The molecule has 9 heteroatoms. The summed E-state index contributed by atoms with van der Waals surface area (Å²) < 4.78 is 39.0. The molecule has 0 saturated carbocycles. The van der Waals surface area contributed by atoms with Crippen molar-refractivity contribution in [3.05, 3.63) is 71.0 Å². The van der Waals surface area contributed by atoms with Gasteiger partial charge in [0.2, 0.25) is 5.91 Å². The number of carbonyl (C=O) groups is 3. The molecule has 2 aromatic carbocycles. The molecule has 0 aliphatic heterocycles. The van der Waals surface area contributed by atoms with E-state index in [1.807, 2.05) is 0 Å². The maximum Gasteiger partial charge on any atom is 0.257 e. The SMILES string of the molecule is O=C(CNC(=O)c1ccc(F)cc1F)NNC(=O)Cc1ccc(F)cc1. The molecule has 6 nitrogen and oxygen atoms in total. The molecule has 0 unspecified atom stereocenters. The van der Waals surface area contributed by atoms with Gasteiger partial charge >= 0.3 is 0 Å². The first-order valence-corrected chi connectivity index (χ1v) is 7.40. The molecular formula is C17H14F3N3O3. The van der Waals surface area contributed by atoms with Crippen LogP contribution in [0.1, 0.15) is 15.9 Å². The Morgan fingerprint density at radius 1 is 0.808 bits per heavy atom. The predicted molar refractivity (Wildman–Crippen MR) is 85.1 cm³/mol. The van der Waals surface area contributed by atoms with Crippen molar-refractivity contribution in [2.45, 2.75) is 6.42 Å². The maximum atomic E-state index is 13.4. The molecule has 0 spiro atoms. The number of hydrazine groups is 1. The number of hydrogen-bond donors (Lipinski definition) is 3. The fraction of sp³-hybridized carbons (Fsp3) is 0.118. The third kappa shape index (κ3) is 5.62. The predicted octanol–water partition coefficient (Wildman–Crippen LogP) is 1.22. The van der Waals surface area contributed by atoms with Crippen molar-refractivity contribution in [1.82, 2.24) is 16.2 Å². The first-order valence-electron chi connectivity index (χ1n) is 7.40. The van der Waals surface area contributed by atoms with E-state index in [2.05, 4.69) is 16.2 Å². The lowest BCUT2D eigenvalue weighted by molar-refractivity contribution is -0.128. The Bertz CT molecular complexity index is 826. The van der Waals surface area contributed by atoms with Crippen molar-refractivity contribution in [2.24, 2.45) is 0 Å². The second kappa shape index (κ2) is 8.65. The summed E-state index contributed by atoms with van der Waals surface area (Å²) in [6.07, 6.45) is -0.0896. The Balaban J connectivity index is 1.75. The van der Waals surface area contributed by atoms with E-state index in [0.29, 0.717) is 11.6 Å². The van der Waals surface area contributed by atoms with Crippen LogP contribution in [0.4, 0.5) is 13.2 Å². The van der Waals surface area contributed by atoms with Crippen LogP contribution < -0.4 is 16.2 Å². The number of hydrogen-bond acceptors (Lipinski definition) is 3. The minimum atomic E-state index is -1.06. The summed E-state index contributed by atoms with van der Waals surface area (Å²) >= 11 is 0. The zero-order valence-corrected chi connectivity index (χ0v) is 13.3. The molecule has 0 bridgehead atoms. The van der Waals surface area contributed by atoms with Gasteiger partial charge in [-0.3, -0.25) is 25.2 Å². The molecule has 3 amide bonds. The molecule has 0 aliphatic carbocycles. The Hall–Kier alpha value is -3.36. The molecule has 0 aromatic heterocycles. The molecule has 2 aromatic rings. The molecule has 0 atom stereocenters. The fourth-order valence-corrected chi connectivity index (χ4v) is 1.94. The smallest absolute Gasteiger partial charge is 0.257 e. The lowest BCUT2D eigenvalue weighted by atomic mass is 10.1.